The minimum atomic E-state index is -0.486. The molecule has 1 amide bonds. The molecular formula is C35H52FN3O6. The zero-order valence-corrected chi connectivity index (χ0v) is 28.8. The van der Waals surface area contributed by atoms with Crippen LogP contribution in [-0.4, -0.2) is 80.5 Å². The number of benzene rings is 2. The van der Waals surface area contributed by atoms with Gasteiger partial charge < -0.3 is 34.5 Å². The summed E-state index contributed by atoms with van der Waals surface area (Å²) in [5, 5.41) is 16.8. The molecule has 1 aliphatic heterocycles. The Labute approximate surface area is 268 Å². The fourth-order valence-electron chi connectivity index (χ4n) is 5.55. The van der Waals surface area contributed by atoms with Gasteiger partial charge in [-0.05, 0) is 62.8 Å². The predicted molar refractivity (Wildman–Crippen MR) is 178 cm³/mol. The van der Waals surface area contributed by atoms with Gasteiger partial charge in [0.25, 0.3) is 0 Å². The van der Waals surface area contributed by atoms with E-state index >= 15 is 0 Å². The number of ether oxygens (including phenoxy) is 3. The number of hydrogen-bond donors (Lipinski definition) is 2. The molecule has 2 aromatic carbocycles. The second kappa shape index (κ2) is 16.6. The first-order valence-electron chi connectivity index (χ1n) is 15.8. The molecule has 45 heavy (non-hydrogen) atoms. The molecule has 1 fully saturated rings. The topological polar surface area (TPSA) is 112 Å². The standard InChI is InChI=1S/C20H30N2O4.C15H22FNO2/c1-6-17(24)14-11-15(20(2,3)4)19(26-5)16(12-14)21-7-9-22(10-8-21)18(25)13-23;1-6-11-9(4)14(18-7-2)15(19-8-3)13(16)12(11)10(5)17/h11-12,23H,6-10,13H2,1-5H3;17H,6-8H2,1-5H3. The number of ketones is 1. The number of piperazine rings is 1. The van der Waals surface area contributed by atoms with Gasteiger partial charge in [-0.15, -0.1) is 0 Å². The lowest BCUT2D eigenvalue weighted by atomic mass is 9.84. The monoisotopic (exact) mass is 629 g/mol. The molecule has 2 N–H and O–H groups in total. The van der Waals surface area contributed by atoms with Gasteiger partial charge in [0.1, 0.15) is 12.4 Å². The average molecular weight is 630 g/mol. The van der Waals surface area contributed by atoms with Crippen LogP contribution in [0.4, 0.5) is 10.1 Å². The van der Waals surface area contributed by atoms with Crippen molar-refractivity contribution >= 4 is 23.1 Å². The normalized spacial score (nSPS) is 13.2. The van der Waals surface area contributed by atoms with Crippen molar-refractivity contribution in [3.05, 3.63) is 45.8 Å². The van der Waals surface area contributed by atoms with Crippen LogP contribution in [0.1, 0.15) is 94.4 Å². The molecule has 9 nitrogen and oxygen atoms in total. The summed E-state index contributed by atoms with van der Waals surface area (Å²) in [4.78, 5) is 27.9. The van der Waals surface area contributed by atoms with Gasteiger partial charge in [-0.2, -0.15) is 0 Å². The Morgan fingerprint density at radius 2 is 1.56 bits per heavy atom. The van der Waals surface area contributed by atoms with Gasteiger partial charge in [-0.25, -0.2) is 4.39 Å². The third kappa shape index (κ3) is 8.75. The summed E-state index contributed by atoms with van der Waals surface area (Å²) in [6.07, 6.45) is 1.11. The third-order valence-corrected chi connectivity index (χ3v) is 7.86. The van der Waals surface area contributed by atoms with E-state index in [1.165, 1.54) is 0 Å². The molecule has 0 saturated carbocycles. The Morgan fingerprint density at radius 1 is 0.978 bits per heavy atom. The lowest BCUT2D eigenvalue weighted by Crippen LogP contribution is -2.49. The highest BCUT2D eigenvalue weighted by Crippen LogP contribution is 2.41. The smallest absolute Gasteiger partial charge is 0.248 e. The van der Waals surface area contributed by atoms with E-state index in [1.54, 1.807) is 25.9 Å². The van der Waals surface area contributed by atoms with Crippen LogP contribution in [0, 0.1) is 18.2 Å². The van der Waals surface area contributed by atoms with Crippen molar-refractivity contribution in [2.45, 2.75) is 80.6 Å². The van der Waals surface area contributed by atoms with Gasteiger partial charge in [0.2, 0.25) is 5.91 Å². The van der Waals surface area contributed by atoms with Crippen molar-refractivity contribution in [3.63, 3.8) is 0 Å². The number of nitrogens with one attached hydrogen (secondary N) is 1. The number of anilines is 1. The quantitative estimate of drug-likeness (QED) is 0.228. The highest BCUT2D eigenvalue weighted by atomic mass is 19.1. The van der Waals surface area contributed by atoms with Crippen molar-refractivity contribution < 1.29 is 33.3 Å². The first-order valence-corrected chi connectivity index (χ1v) is 15.8. The second-order valence-electron chi connectivity index (χ2n) is 11.9. The number of halogens is 1. The van der Waals surface area contributed by atoms with Gasteiger partial charge in [-0.1, -0.05) is 34.6 Å². The van der Waals surface area contributed by atoms with Gasteiger partial charge in [0, 0.05) is 55.0 Å². The molecule has 1 heterocycles. The van der Waals surface area contributed by atoms with E-state index in [4.69, 9.17) is 24.7 Å². The molecular weight excluding hydrogens is 577 g/mol. The maximum Gasteiger partial charge on any atom is 0.248 e. The number of carbonyl (C=O) groups excluding carboxylic acids is 2. The number of carbonyl (C=O) groups is 2. The summed E-state index contributed by atoms with van der Waals surface area (Å²) >= 11 is 0. The Kier molecular flexibility index (Phi) is 13.8. The van der Waals surface area contributed by atoms with Crippen LogP contribution in [0.2, 0.25) is 0 Å². The highest BCUT2D eigenvalue weighted by Gasteiger charge is 2.29. The lowest BCUT2D eigenvalue weighted by Gasteiger charge is -2.37. The number of methoxy groups -OCH3 is 1. The molecule has 0 aromatic heterocycles. The molecule has 3 rings (SSSR count). The first-order chi connectivity index (χ1) is 21.2. The van der Waals surface area contributed by atoms with Crippen molar-refractivity contribution in [2.24, 2.45) is 0 Å². The van der Waals surface area contributed by atoms with Crippen molar-refractivity contribution in [1.29, 1.82) is 5.41 Å². The number of amides is 1. The number of aliphatic hydroxyl groups is 1. The molecule has 0 atom stereocenters. The van der Waals surface area contributed by atoms with Gasteiger partial charge in [-0.3, -0.25) is 9.59 Å². The van der Waals surface area contributed by atoms with Crippen LogP contribution in [0.25, 0.3) is 0 Å². The maximum absolute atomic E-state index is 14.6. The molecule has 0 bridgehead atoms. The van der Waals surface area contributed by atoms with E-state index in [9.17, 15) is 14.0 Å². The van der Waals surface area contributed by atoms with Crippen molar-refractivity contribution in [3.8, 4) is 17.2 Å². The van der Waals surface area contributed by atoms with E-state index < -0.39 is 12.4 Å². The van der Waals surface area contributed by atoms with Gasteiger partial charge in [0.15, 0.2) is 23.1 Å². The summed E-state index contributed by atoms with van der Waals surface area (Å²) in [5.74, 6) is 0.743. The summed E-state index contributed by atoms with van der Waals surface area (Å²) in [6, 6.07) is 3.85. The SMILES string of the molecule is CCC(=O)c1cc(N2CCN(C(=O)CO)CC2)c(OC)c(C(C)(C)C)c1.CCOc1c(C)c(CC)c(C(C)=N)c(F)c1OCC. The minimum Gasteiger partial charge on any atom is -0.494 e. The molecule has 250 valence electrons. The molecule has 2 aromatic rings. The Morgan fingerprint density at radius 3 is 2.00 bits per heavy atom. The largest absolute Gasteiger partial charge is 0.494 e. The summed E-state index contributed by atoms with van der Waals surface area (Å²) in [7, 11) is 1.65. The van der Waals surface area contributed by atoms with Gasteiger partial charge in [0.05, 0.1) is 26.0 Å². The number of aliphatic hydroxyl groups excluding tert-OH is 1. The molecule has 0 spiro atoms. The van der Waals surface area contributed by atoms with Crippen LogP contribution >= 0.6 is 0 Å². The number of hydrogen-bond acceptors (Lipinski definition) is 8. The van der Waals surface area contributed by atoms with Crippen LogP contribution < -0.4 is 19.1 Å². The van der Waals surface area contributed by atoms with Crippen LogP contribution in [0.15, 0.2) is 12.1 Å². The van der Waals surface area contributed by atoms with E-state index in [1.807, 2.05) is 39.8 Å². The average Bonchev–Trinajstić information content (AvgIpc) is 3.02. The third-order valence-electron chi connectivity index (χ3n) is 7.86. The summed E-state index contributed by atoms with van der Waals surface area (Å²) < 4.78 is 31.3. The van der Waals surface area contributed by atoms with E-state index in [-0.39, 0.29) is 28.6 Å². The van der Waals surface area contributed by atoms with Crippen LogP contribution in [0.3, 0.4) is 0 Å². The Bertz CT molecular complexity index is 1360. The zero-order valence-electron chi connectivity index (χ0n) is 28.8. The van der Waals surface area contributed by atoms with Crippen molar-refractivity contribution in [1.82, 2.24) is 4.90 Å². The summed E-state index contributed by atoms with van der Waals surface area (Å²) in [6.45, 7) is 20.0. The van der Waals surface area contributed by atoms with Crippen LogP contribution in [0.5, 0.6) is 17.2 Å². The summed E-state index contributed by atoms with van der Waals surface area (Å²) in [5.41, 5.74) is 4.65. The minimum absolute atomic E-state index is 0.105. The lowest BCUT2D eigenvalue weighted by molar-refractivity contribution is -0.134. The molecule has 1 aliphatic rings. The molecule has 0 aliphatic carbocycles. The fourth-order valence-corrected chi connectivity index (χ4v) is 5.55. The molecule has 0 radical (unpaired) electrons. The predicted octanol–water partition coefficient (Wildman–Crippen LogP) is 6.11. The second-order valence-corrected chi connectivity index (χ2v) is 11.9. The fraction of sp³-hybridized carbons (Fsp3) is 0.571. The maximum atomic E-state index is 14.6. The molecule has 10 heteroatoms. The van der Waals surface area contributed by atoms with Crippen LogP contribution in [-0.2, 0) is 16.6 Å². The van der Waals surface area contributed by atoms with E-state index in [0.29, 0.717) is 69.1 Å². The van der Waals surface area contributed by atoms with E-state index in [0.717, 1.165) is 28.1 Å². The zero-order chi connectivity index (χ0) is 34.1. The van der Waals surface area contributed by atoms with E-state index in [2.05, 4.69) is 25.7 Å². The number of nitrogens with zero attached hydrogens (tertiary/aromatic N) is 2. The number of rotatable bonds is 11. The first kappa shape index (κ1) is 37.5. The van der Waals surface area contributed by atoms with Gasteiger partial charge >= 0.3 is 0 Å². The number of Topliss-reactive ketones (excluding diaryl/α,β-unsaturated/α-hetero) is 1. The van der Waals surface area contributed by atoms with Crippen molar-refractivity contribution in [2.75, 3.05) is 58.0 Å². The molecule has 0 unspecified atom stereocenters. The molecule has 1 saturated heterocycles. The highest BCUT2D eigenvalue weighted by molar-refractivity contribution is 5.99. The Balaban J connectivity index is 0.000000330. The Hall–Kier alpha value is -3.66.